The van der Waals surface area contributed by atoms with E-state index in [4.69, 9.17) is 0 Å². The molecule has 2 aliphatic heterocycles. The molecule has 2 aliphatic rings. The van der Waals surface area contributed by atoms with Crippen LogP contribution in [0.1, 0.15) is 0 Å². The molecule has 0 spiro atoms. The van der Waals surface area contributed by atoms with E-state index in [0.29, 0.717) is 0 Å². The molecule has 1 aromatic rings. The molecule has 0 saturated carbocycles. The van der Waals surface area contributed by atoms with Crippen LogP contribution in [0, 0.1) is 0 Å². The number of aliphatic imine (C=N–C) groups is 1. The first-order chi connectivity index (χ1) is 5.95. The van der Waals surface area contributed by atoms with Gasteiger partial charge in [0.15, 0.2) is 0 Å². The number of fused-ring (bicyclic) bond motifs is 3. The van der Waals surface area contributed by atoms with Crippen LogP contribution in [0.25, 0.3) is 12.2 Å². The quantitative estimate of drug-likeness (QED) is 0.571. The predicted molar refractivity (Wildman–Crippen MR) is 53.5 cm³/mol. The summed E-state index contributed by atoms with van der Waals surface area (Å²) in [5.74, 6) is 1.11. The SMILES string of the molecule is C1=Nc2ccc3c(c2=C1)=CCS3. The van der Waals surface area contributed by atoms with E-state index in [1.54, 1.807) is 0 Å². The molecule has 0 fully saturated rings. The lowest BCUT2D eigenvalue weighted by atomic mass is 10.2. The lowest BCUT2D eigenvalue weighted by molar-refractivity contribution is 1.34. The Bertz CT molecular complexity index is 485. The van der Waals surface area contributed by atoms with Crippen molar-refractivity contribution in [1.29, 1.82) is 0 Å². The van der Waals surface area contributed by atoms with E-state index < -0.39 is 0 Å². The number of thioether (sulfide) groups is 1. The maximum atomic E-state index is 4.27. The molecule has 0 radical (unpaired) electrons. The Balaban J connectivity index is 2.54. The average Bonchev–Trinajstić information content (AvgIpc) is 2.71. The van der Waals surface area contributed by atoms with Crippen molar-refractivity contribution < 1.29 is 0 Å². The molecule has 3 rings (SSSR count). The van der Waals surface area contributed by atoms with E-state index >= 15 is 0 Å². The Hall–Kier alpha value is -1.02. The summed E-state index contributed by atoms with van der Waals surface area (Å²) in [5, 5.41) is 2.69. The van der Waals surface area contributed by atoms with Crippen molar-refractivity contribution in [3.8, 4) is 0 Å². The van der Waals surface area contributed by atoms with Crippen LogP contribution in [0.4, 0.5) is 5.69 Å². The van der Waals surface area contributed by atoms with Crippen molar-refractivity contribution in [2.24, 2.45) is 4.99 Å². The second-order valence-electron chi connectivity index (χ2n) is 2.87. The van der Waals surface area contributed by atoms with Gasteiger partial charge in [-0.25, -0.2) is 0 Å². The molecule has 58 valence electrons. The van der Waals surface area contributed by atoms with Gasteiger partial charge in [0, 0.05) is 22.1 Å². The molecule has 1 aromatic carbocycles. The first-order valence-corrected chi connectivity index (χ1v) is 4.94. The van der Waals surface area contributed by atoms with Crippen LogP contribution in [-0.4, -0.2) is 12.0 Å². The van der Waals surface area contributed by atoms with Crippen molar-refractivity contribution in [1.82, 2.24) is 0 Å². The summed E-state index contributed by atoms with van der Waals surface area (Å²) in [4.78, 5) is 5.67. The molecule has 12 heavy (non-hydrogen) atoms. The van der Waals surface area contributed by atoms with Gasteiger partial charge in [-0.3, -0.25) is 4.99 Å². The summed E-state index contributed by atoms with van der Waals surface area (Å²) in [6, 6.07) is 4.26. The van der Waals surface area contributed by atoms with Crippen LogP contribution in [0.15, 0.2) is 22.0 Å². The predicted octanol–water partition coefficient (Wildman–Crippen LogP) is 1.07. The third-order valence-electron chi connectivity index (χ3n) is 2.21. The van der Waals surface area contributed by atoms with Crippen molar-refractivity contribution in [3.63, 3.8) is 0 Å². The molecule has 0 atom stereocenters. The average molecular weight is 173 g/mol. The molecule has 0 aliphatic carbocycles. The lowest BCUT2D eigenvalue weighted by Gasteiger charge is -1.94. The van der Waals surface area contributed by atoms with Gasteiger partial charge in [0.25, 0.3) is 0 Å². The largest absolute Gasteiger partial charge is 0.256 e. The molecule has 0 unspecified atom stereocenters. The second-order valence-corrected chi connectivity index (χ2v) is 3.93. The molecule has 0 amide bonds. The van der Waals surface area contributed by atoms with Gasteiger partial charge in [-0.15, -0.1) is 11.8 Å². The van der Waals surface area contributed by atoms with Crippen LogP contribution >= 0.6 is 11.8 Å². The highest BCUT2D eigenvalue weighted by Crippen LogP contribution is 2.19. The monoisotopic (exact) mass is 173 g/mol. The summed E-state index contributed by atoms with van der Waals surface area (Å²) < 4.78 is 0. The van der Waals surface area contributed by atoms with Gasteiger partial charge in [-0.1, -0.05) is 6.08 Å². The minimum absolute atomic E-state index is 1.11. The molecule has 0 N–H and O–H groups in total. The number of benzene rings is 1. The number of hydrogen-bond acceptors (Lipinski definition) is 2. The van der Waals surface area contributed by atoms with Crippen LogP contribution in [-0.2, 0) is 0 Å². The maximum absolute atomic E-state index is 4.27. The summed E-state index contributed by atoms with van der Waals surface area (Å²) in [6.07, 6.45) is 6.25. The maximum Gasteiger partial charge on any atom is 0.0709 e. The Morgan fingerprint density at radius 2 is 2.25 bits per heavy atom. The van der Waals surface area contributed by atoms with Crippen molar-refractivity contribution in [2.45, 2.75) is 4.90 Å². The van der Waals surface area contributed by atoms with E-state index in [1.165, 1.54) is 15.3 Å². The van der Waals surface area contributed by atoms with Gasteiger partial charge in [-0.05, 0) is 23.4 Å². The fourth-order valence-electron chi connectivity index (χ4n) is 1.64. The highest BCUT2D eigenvalue weighted by molar-refractivity contribution is 7.99. The molecular weight excluding hydrogens is 166 g/mol. The van der Waals surface area contributed by atoms with Gasteiger partial charge in [-0.2, -0.15) is 0 Å². The smallest absolute Gasteiger partial charge is 0.0709 e. The Morgan fingerprint density at radius 3 is 3.25 bits per heavy atom. The third-order valence-corrected chi connectivity index (χ3v) is 3.21. The first-order valence-electron chi connectivity index (χ1n) is 3.95. The van der Waals surface area contributed by atoms with Crippen LogP contribution in [0.3, 0.4) is 0 Å². The normalized spacial score (nSPS) is 16.7. The Kier molecular flexibility index (Phi) is 1.21. The molecule has 0 bridgehead atoms. The van der Waals surface area contributed by atoms with Gasteiger partial charge in [0.1, 0.15) is 0 Å². The highest BCUT2D eigenvalue weighted by atomic mass is 32.2. The lowest BCUT2D eigenvalue weighted by Crippen LogP contribution is -2.23. The second kappa shape index (κ2) is 2.23. The fourth-order valence-corrected chi connectivity index (χ4v) is 2.58. The van der Waals surface area contributed by atoms with E-state index in [-0.39, 0.29) is 0 Å². The minimum atomic E-state index is 1.11. The molecule has 0 aromatic heterocycles. The van der Waals surface area contributed by atoms with E-state index in [9.17, 15) is 0 Å². The summed E-state index contributed by atoms with van der Waals surface area (Å²) in [5.41, 5.74) is 1.12. The number of hydrogen-bond donors (Lipinski definition) is 0. The molecular formula is C10H7NS. The molecule has 2 heteroatoms. The summed E-state index contributed by atoms with van der Waals surface area (Å²) in [6.45, 7) is 0. The zero-order valence-corrected chi connectivity index (χ0v) is 7.27. The topological polar surface area (TPSA) is 12.4 Å². The zero-order chi connectivity index (χ0) is 7.97. The summed E-state index contributed by atoms with van der Waals surface area (Å²) in [7, 11) is 0. The Labute approximate surface area is 74.5 Å². The third kappa shape index (κ3) is 0.730. The van der Waals surface area contributed by atoms with Crippen LogP contribution in [0.5, 0.6) is 0 Å². The fraction of sp³-hybridized carbons (Fsp3) is 0.100. The number of nitrogens with zero attached hydrogens (tertiary/aromatic N) is 1. The van der Waals surface area contributed by atoms with Crippen LogP contribution < -0.4 is 10.4 Å². The van der Waals surface area contributed by atoms with Gasteiger partial charge in [0.05, 0.1) is 5.69 Å². The van der Waals surface area contributed by atoms with Crippen molar-refractivity contribution in [2.75, 3.05) is 5.75 Å². The minimum Gasteiger partial charge on any atom is -0.256 e. The van der Waals surface area contributed by atoms with E-state index in [0.717, 1.165) is 11.4 Å². The zero-order valence-electron chi connectivity index (χ0n) is 6.45. The highest BCUT2D eigenvalue weighted by Gasteiger charge is 2.07. The van der Waals surface area contributed by atoms with E-state index in [1.807, 2.05) is 18.0 Å². The van der Waals surface area contributed by atoms with Gasteiger partial charge >= 0.3 is 0 Å². The van der Waals surface area contributed by atoms with Crippen LogP contribution in [0.2, 0.25) is 0 Å². The van der Waals surface area contributed by atoms with Gasteiger partial charge < -0.3 is 0 Å². The first kappa shape index (κ1) is 6.49. The van der Waals surface area contributed by atoms with Crippen molar-refractivity contribution >= 4 is 35.8 Å². The standard InChI is InChI=1S/C10H7NS/c1-2-10-8(4-6-12-10)7-3-5-11-9(1)7/h1-5H,6H2. The van der Waals surface area contributed by atoms with Gasteiger partial charge in [0.2, 0.25) is 0 Å². The molecule has 2 heterocycles. The molecule has 1 nitrogen and oxygen atoms in total. The number of rotatable bonds is 0. The van der Waals surface area contributed by atoms with Crippen molar-refractivity contribution in [3.05, 3.63) is 22.6 Å². The summed E-state index contributed by atoms with van der Waals surface area (Å²) >= 11 is 1.90. The molecule has 0 saturated heterocycles. The Morgan fingerprint density at radius 1 is 1.25 bits per heavy atom. The van der Waals surface area contributed by atoms with E-state index in [2.05, 4.69) is 29.3 Å².